The molecular weight excluding hydrogens is 244 g/mol. The molecule has 0 bridgehead atoms. The molecule has 0 aromatic heterocycles. The first-order valence-corrected chi connectivity index (χ1v) is 5.92. The van der Waals surface area contributed by atoms with E-state index < -0.39 is 11.8 Å². The summed E-state index contributed by atoms with van der Waals surface area (Å²) in [5, 5.41) is 0. The summed E-state index contributed by atoms with van der Waals surface area (Å²) in [7, 11) is 1.24. The molecule has 0 amide bonds. The zero-order chi connectivity index (χ0) is 13.9. The maximum Gasteiger partial charge on any atom is 0.314 e. The van der Waals surface area contributed by atoms with Crippen LogP contribution in [0.15, 0.2) is 30.3 Å². The Hall–Kier alpha value is -2.12. The number of hydrogen-bond donors (Lipinski definition) is 0. The summed E-state index contributed by atoms with van der Waals surface area (Å²) >= 11 is 0. The lowest BCUT2D eigenvalue weighted by Crippen LogP contribution is -2.07. The lowest BCUT2D eigenvalue weighted by Gasteiger charge is -2.00. The fourth-order valence-electron chi connectivity index (χ4n) is 1.30. The van der Waals surface area contributed by atoms with E-state index in [9.17, 15) is 9.59 Å². The number of Topliss-reactive ketones (excluding diaryl/α,β-unsaturated/α-hetero) is 1. The van der Waals surface area contributed by atoms with Crippen LogP contribution in [0.5, 0.6) is 0 Å². The molecule has 4 heteroatoms. The average molecular weight is 260 g/mol. The van der Waals surface area contributed by atoms with Gasteiger partial charge in [-0.3, -0.25) is 9.59 Å². The molecule has 4 nitrogen and oxygen atoms in total. The molecule has 0 radical (unpaired) electrons. The second-order valence-electron chi connectivity index (χ2n) is 3.77. The van der Waals surface area contributed by atoms with Crippen LogP contribution in [0.1, 0.15) is 18.4 Å². The normalized spacial score (nSPS) is 9.32. The third-order valence-corrected chi connectivity index (χ3v) is 2.24. The van der Waals surface area contributed by atoms with E-state index in [2.05, 4.69) is 16.6 Å². The minimum Gasteiger partial charge on any atom is -0.469 e. The quantitative estimate of drug-likeness (QED) is 0.257. The van der Waals surface area contributed by atoms with Crippen LogP contribution < -0.4 is 0 Å². The maximum atomic E-state index is 11.2. The molecule has 0 unspecified atom stereocenters. The Labute approximate surface area is 112 Å². The highest BCUT2D eigenvalue weighted by Crippen LogP contribution is 2.00. The van der Waals surface area contributed by atoms with Gasteiger partial charge >= 0.3 is 5.97 Å². The molecule has 0 saturated carbocycles. The maximum absolute atomic E-state index is 11.2. The number of carbonyl (C=O) groups is 2. The van der Waals surface area contributed by atoms with Crippen LogP contribution in [-0.4, -0.2) is 25.5 Å². The van der Waals surface area contributed by atoms with E-state index in [-0.39, 0.29) is 6.42 Å². The highest BCUT2D eigenvalue weighted by molar-refractivity contribution is 6.05. The topological polar surface area (TPSA) is 52.6 Å². The number of ketones is 1. The van der Waals surface area contributed by atoms with Crippen LogP contribution in [0, 0.1) is 11.8 Å². The van der Waals surface area contributed by atoms with Gasteiger partial charge in [0.15, 0.2) is 0 Å². The lowest BCUT2D eigenvalue weighted by atomic mass is 10.2. The van der Waals surface area contributed by atoms with Gasteiger partial charge in [-0.1, -0.05) is 36.3 Å². The van der Waals surface area contributed by atoms with E-state index in [1.807, 2.05) is 30.3 Å². The fourth-order valence-corrected chi connectivity index (χ4v) is 1.30. The number of carbonyl (C=O) groups excluding carboxylic acids is 2. The van der Waals surface area contributed by atoms with Crippen molar-refractivity contribution in [3.05, 3.63) is 35.9 Å². The predicted octanol–water partition coefficient (Wildman–Crippen LogP) is 1.73. The number of hydrogen-bond acceptors (Lipinski definition) is 4. The second kappa shape index (κ2) is 8.90. The van der Waals surface area contributed by atoms with Gasteiger partial charge in [-0.15, -0.1) is 0 Å². The number of ether oxygens (including phenoxy) is 2. The van der Waals surface area contributed by atoms with Crippen molar-refractivity contribution in [3.8, 4) is 11.8 Å². The van der Waals surface area contributed by atoms with Gasteiger partial charge in [0.25, 0.3) is 0 Å². The summed E-state index contributed by atoms with van der Waals surface area (Å²) in [6.45, 7) is 0.978. The number of esters is 1. The van der Waals surface area contributed by atoms with Gasteiger partial charge in [0.2, 0.25) is 5.78 Å². The van der Waals surface area contributed by atoms with Crippen LogP contribution >= 0.6 is 0 Å². The fraction of sp³-hybridized carbons (Fsp3) is 0.333. The molecule has 1 rings (SSSR count). The minimum atomic E-state index is -0.570. The van der Waals surface area contributed by atoms with Gasteiger partial charge in [0, 0.05) is 6.42 Å². The van der Waals surface area contributed by atoms with Crippen molar-refractivity contribution in [2.45, 2.75) is 19.4 Å². The van der Waals surface area contributed by atoms with Gasteiger partial charge in [0.1, 0.15) is 6.42 Å². The Kier molecular flexibility index (Phi) is 7.00. The van der Waals surface area contributed by atoms with Crippen LogP contribution in [0.3, 0.4) is 0 Å². The molecule has 100 valence electrons. The van der Waals surface area contributed by atoms with E-state index in [0.29, 0.717) is 19.6 Å². The molecule has 0 atom stereocenters. The van der Waals surface area contributed by atoms with Crippen LogP contribution in [0.4, 0.5) is 0 Å². The predicted molar refractivity (Wildman–Crippen MR) is 70.1 cm³/mol. The molecule has 0 aliphatic carbocycles. The zero-order valence-corrected chi connectivity index (χ0v) is 10.8. The van der Waals surface area contributed by atoms with Crippen LogP contribution in [-0.2, 0) is 25.7 Å². The van der Waals surface area contributed by atoms with Crippen molar-refractivity contribution in [1.82, 2.24) is 0 Å². The van der Waals surface area contributed by atoms with Crippen molar-refractivity contribution in [2.75, 3.05) is 13.7 Å². The molecule has 1 aromatic carbocycles. The summed E-state index contributed by atoms with van der Waals surface area (Å²) in [5.41, 5.74) is 1.09. The molecule has 0 aliphatic heterocycles. The first-order chi connectivity index (χ1) is 9.22. The SMILES string of the molecule is COC(=O)CC(=O)C#CCCOCc1ccccc1. The molecule has 19 heavy (non-hydrogen) atoms. The van der Waals surface area contributed by atoms with E-state index in [1.165, 1.54) is 7.11 Å². The Morgan fingerprint density at radius 1 is 1.21 bits per heavy atom. The summed E-state index contributed by atoms with van der Waals surface area (Å²) in [6.07, 6.45) is 0.161. The van der Waals surface area contributed by atoms with Gasteiger partial charge < -0.3 is 9.47 Å². The van der Waals surface area contributed by atoms with Crippen molar-refractivity contribution in [1.29, 1.82) is 0 Å². The number of methoxy groups -OCH3 is 1. The van der Waals surface area contributed by atoms with Gasteiger partial charge in [-0.25, -0.2) is 0 Å². The van der Waals surface area contributed by atoms with E-state index in [1.54, 1.807) is 0 Å². The average Bonchev–Trinajstić information content (AvgIpc) is 2.43. The van der Waals surface area contributed by atoms with E-state index in [4.69, 9.17) is 4.74 Å². The largest absolute Gasteiger partial charge is 0.469 e. The molecule has 0 heterocycles. The molecule has 0 saturated heterocycles. The third-order valence-electron chi connectivity index (χ3n) is 2.24. The van der Waals surface area contributed by atoms with Gasteiger partial charge in [-0.05, 0) is 11.5 Å². The summed E-state index contributed by atoms with van der Waals surface area (Å²) in [4.78, 5) is 21.9. The molecule has 1 aromatic rings. The van der Waals surface area contributed by atoms with Gasteiger partial charge in [0.05, 0.1) is 20.3 Å². The van der Waals surface area contributed by atoms with E-state index >= 15 is 0 Å². The highest BCUT2D eigenvalue weighted by atomic mass is 16.5. The Morgan fingerprint density at radius 2 is 1.95 bits per heavy atom. The first-order valence-electron chi connectivity index (χ1n) is 5.92. The smallest absolute Gasteiger partial charge is 0.314 e. The molecule has 0 aliphatic rings. The van der Waals surface area contributed by atoms with E-state index in [0.717, 1.165) is 5.56 Å². The second-order valence-corrected chi connectivity index (χ2v) is 3.77. The zero-order valence-electron chi connectivity index (χ0n) is 10.8. The Bertz CT molecular complexity index is 468. The van der Waals surface area contributed by atoms with Crippen LogP contribution in [0.2, 0.25) is 0 Å². The number of benzene rings is 1. The molecular formula is C15H16O4. The van der Waals surface area contributed by atoms with Gasteiger partial charge in [-0.2, -0.15) is 0 Å². The van der Waals surface area contributed by atoms with Crippen LogP contribution in [0.25, 0.3) is 0 Å². The van der Waals surface area contributed by atoms with Crippen molar-refractivity contribution in [3.63, 3.8) is 0 Å². The molecule has 0 spiro atoms. The number of rotatable bonds is 6. The molecule has 0 fully saturated rings. The third kappa shape index (κ3) is 7.02. The highest BCUT2D eigenvalue weighted by Gasteiger charge is 2.05. The summed E-state index contributed by atoms with van der Waals surface area (Å²) < 4.78 is 9.76. The first kappa shape index (κ1) is 14.9. The Morgan fingerprint density at radius 3 is 2.63 bits per heavy atom. The summed E-state index contributed by atoms with van der Waals surface area (Å²) in [6, 6.07) is 9.80. The minimum absolute atomic E-state index is 0.297. The van der Waals surface area contributed by atoms with Crippen molar-refractivity contribution >= 4 is 11.8 Å². The molecule has 0 N–H and O–H groups in total. The Balaban J connectivity index is 2.14. The standard InChI is InChI=1S/C15H16O4/c1-18-15(17)11-14(16)9-5-6-10-19-12-13-7-3-2-4-8-13/h2-4,7-8H,6,10-12H2,1H3. The monoisotopic (exact) mass is 260 g/mol. The van der Waals surface area contributed by atoms with Crippen molar-refractivity contribution in [2.24, 2.45) is 0 Å². The van der Waals surface area contributed by atoms with Crippen molar-refractivity contribution < 1.29 is 19.1 Å². The summed E-state index contributed by atoms with van der Waals surface area (Å²) in [5.74, 6) is 4.04. The lowest BCUT2D eigenvalue weighted by molar-refractivity contribution is -0.142.